The van der Waals surface area contributed by atoms with E-state index in [1.54, 1.807) is 37.2 Å². The second-order valence-electron chi connectivity index (χ2n) is 3.23. The zero-order valence-corrected chi connectivity index (χ0v) is 13.2. The first-order chi connectivity index (χ1) is 7.52. The van der Waals surface area contributed by atoms with Crippen LogP contribution in [-0.4, -0.2) is 31.2 Å². The minimum atomic E-state index is 0. The van der Waals surface area contributed by atoms with Gasteiger partial charge in [0, 0.05) is 19.7 Å². The Labute approximate surface area is 128 Å². The lowest BCUT2D eigenvalue weighted by Gasteiger charge is -2.07. The summed E-state index contributed by atoms with van der Waals surface area (Å²) in [5, 5.41) is 8.63. The monoisotopic (exact) mass is 386 g/mol. The van der Waals surface area contributed by atoms with Crippen LogP contribution in [0.25, 0.3) is 0 Å². The summed E-state index contributed by atoms with van der Waals surface area (Å²) < 4.78 is 0. The largest absolute Gasteiger partial charge is 0.368 e. The Bertz CT molecular complexity index is 412. The van der Waals surface area contributed by atoms with Crippen LogP contribution in [0.5, 0.6) is 0 Å². The number of hydrogen-bond acceptors (Lipinski definition) is 2. The van der Waals surface area contributed by atoms with E-state index in [1.807, 2.05) is 0 Å². The standard InChI is InChI=1S/C10H12Cl2N4.HI/c1-16(2)10(13)15-14-6-7-8(11)4-3-5-9(7)12;/h3-6H,1-2H3,(H2,13,15);1H. The van der Waals surface area contributed by atoms with Gasteiger partial charge < -0.3 is 10.6 Å². The average molecular weight is 387 g/mol. The molecule has 4 nitrogen and oxygen atoms in total. The first kappa shape index (κ1) is 16.5. The van der Waals surface area contributed by atoms with Gasteiger partial charge in [0.1, 0.15) is 0 Å². The maximum atomic E-state index is 5.94. The Morgan fingerprint density at radius 2 is 1.82 bits per heavy atom. The van der Waals surface area contributed by atoms with Crippen molar-refractivity contribution in [2.45, 2.75) is 0 Å². The fourth-order valence-corrected chi connectivity index (χ4v) is 1.36. The molecule has 7 heteroatoms. The Balaban J connectivity index is 0.00000256. The van der Waals surface area contributed by atoms with Crippen molar-refractivity contribution in [1.29, 1.82) is 0 Å². The summed E-state index contributed by atoms with van der Waals surface area (Å²) in [6.07, 6.45) is 1.47. The van der Waals surface area contributed by atoms with E-state index in [-0.39, 0.29) is 24.0 Å². The molecule has 0 aliphatic carbocycles. The van der Waals surface area contributed by atoms with Crippen molar-refractivity contribution in [3.05, 3.63) is 33.8 Å². The van der Waals surface area contributed by atoms with Gasteiger partial charge in [-0.15, -0.1) is 29.1 Å². The Kier molecular flexibility index (Phi) is 7.49. The molecule has 0 heterocycles. The van der Waals surface area contributed by atoms with Crippen LogP contribution >= 0.6 is 47.2 Å². The molecule has 0 amide bonds. The number of guanidine groups is 1. The molecule has 1 aromatic carbocycles. The fraction of sp³-hybridized carbons (Fsp3) is 0.200. The second kappa shape index (κ2) is 7.73. The van der Waals surface area contributed by atoms with Gasteiger partial charge >= 0.3 is 0 Å². The molecule has 1 rings (SSSR count). The van der Waals surface area contributed by atoms with E-state index in [2.05, 4.69) is 10.2 Å². The minimum Gasteiger partial charge on any atom is -0.368 e. The van der Waals surface area contributed by atoms with Crippen LogP contribution in [0.4, 0.5) is 0 Å². The van der Waals surface area contributed by atoms with Crippen LogP contribution in [0.3, 0.4) is 0 Å². The number of halogens is 3. The molecule has 2 N–H and O–H groups in total. The van der Waals surface area contributed by atoms with Gasteiger partial charge in [-0.25, -0.2) is 0 Å². The Morgan fingerprint density at radius 1 is 1.29 bits per heavy atom. The smallest absolute Gasteiger partial charge is 0.215 e. The summed E-state index contributed by atoms with van der Waals surface area (Å²) in [5.74, 6) is 0.305. The van der Waals surface area contributed by atoms with Crippen LogP contribution in [0, 0.1) is 0 Å². The Morgan fingerprint density at radius 3 is 2.29 bits per heavy atom. The first-order valence-electron chi connectivity index (χ1n) is 4.50. The van der Waals surface area contributed by atoms with Crippen molar-refractivity contribution in [3.8, 4) is 0 Å². The maximum absolute atomic E-state index is 5.94. The second-order valence-corrected chi connectivity index (χ2v) is 4.05. The van der Waals surface area contributed by atoms with Gasteiger partial charge in [-0.3, -0.25) is 0 Å². The lowest BCUT2D eigenvalue weighted by molar-refractivity contribution is 0.611. The zero-order chi connectivity index (χ0) is 12.1. The molecule has 0 aromatic heterocycles. The molecule has 0 atom stereocenters. The topological polar surface area (TPSA) is 54.0 Å². The van der Waals surface area contributed by atoms with Gasteiger partial charge in [0.15, 0.2) is 0 Å². The van der Waals surface area contributed by atoms with Crippen molar-refractivity contribution < 1.29 is 0 Å². The third-order valence-corrected chi connectivity index (χ3v) is 2.46. The summed E-state index contributed by atoms with van der Waals surface area (Å²) >= 11 is 11.9. The van der Waals surface area contributed by atoms with E-state index in [0.29, 0.717) is 21.6 Å². The number of nitrogens with two attached hydrogens (primary N) is 1. The van der Waals surface area contributed by atoms with Gasteiger partial charge in [0.05, 0.1) is 16.3 Å². The van der Waals surface area contributed by atoms with Crippen LogP contribution in [0.15, 0.2) is 28.4 Å². The molecule has 0 spiro atoms. The molecular weight excluding hydrogens is 374 g/mol. The van der Waals surface area contributed by atoms with Gasteiger partial charge in [0.25, 0.3) is 0 Å². The van der Waals surface area contributed by atoms with Crippen molar-refractivity contribution in [1.82, 2.24) is 4.90 Å². The summed E-state index contributed by atoms with van der Waals surface area (Å²) in [6.45, 7) is 0. The quantitative estimate of drug-likeness (QED) is 0.367. The minimum absolute atomic E-state index is 0. The third-order valence-electron chi connectivity index (χ3n) is 1.80. The van der Waals surface area contributed by atoms with Crippen molar-refractivity contribution in [3.63, 3.8) is 0 Å². The van der Waals surface area contributed by atoms with Crippen LogP contribution in [0.2, 0.25) is 10.0 Å². The molecule has 94 valence electrons. The van der Waals surface area contributed by atoms with E-state index in [0.717, 1.165) is 0 Å². The number of nitrogens with zero attached hydrogens (tertiary/aromatic N) is 3. The van der Waals surface area contributed by atoms with Gasteiger partial charge in [-0.2, -0.15) is 5.10 Å². The number of benzene rings is 1. The predicted molar refractivity (Wildman–Crippen MR) is 84.8 cm³/mol. The van der Waals surface area contributed by atoms with E-state index in [1.165, 1.54) is 6.21 Å². The summed E-state index contributed by atoms with van der Waals surface area (Å²) in [4.78, 5) is 1.64. The van der Waals surface area contributed by atoms with Gasteiger partial charge in [-0.1, -0.05) is 29.3 Å². The van der Waals surface area contributed by atoms with Crippen LogP contribution in [-0.2, 0) is 0 Å². The maximum Gasteiger partial charge on any atom is 0.215 e. The first-order valence-corrected chi connectivity index (χ1v) is 5.26. The Hall–Kier alpha value is -0.530. The molecule has 0 saturated carbocycles. The molecule has 17 heavy (non-hydrogen) atoms. The molecule has 0 fully saturated rings. The highest BCUT2D eigenvalue weighted by atomic mass is 127. The molecule has 0 unspecified atom stereocenters. The SMILES string of the molecule is CN(C)/C(N)=N\N=Cc1c(Cl)cccc1Cl.I. The molecule has 0 radical (unpaired) electrons. The summed E-state index contributed by atoms with van der Waals surface area (Å²) in [6, 6.07) is 5.22. The molecule has 0 aliphatic rings. The normalized spacial score (nSPS) is 11.4. The van der Waals surface area contributed by atoms with E-state index < -0.39 is 0 Å². The molecular formula is C10H13Cl2IN4. The molecule has 0 saturated heterocycles. The molecule has 0 bridgehead atoms. The third kappa shape index (κ3) is 5.10. The van der Waals surface area contributed by atoms with Crippen molar-refractivity contribution >= 4 is 59.4 Å². The number of hydrogen-bond donors (Lipinski definition) is 1. The lowest BCUT2D eigenvalue weighted by atomic mass is 10.2. The van der Waals surface area contributed by atoms with Crippen molar-refractivity contribution in [2.24, 2.45) is 15.9 Å². The molecule has 1 aromatic rings. The summed E-state index contributed by atoms with van der Waals surface area (Å²) in [5.41, 5.74) is 6.18. The zero-order valence-electron chi connectivity index (χ0n) is 9.39. The van der Waals surface area contributed by atoms with Crippen LogP contribution < -0.4 is 5.73 Å². The predicted octanol–water partition coefficient (Wildman–Crippen LogP) is 2.82. The van der Waals surface area contributed by atoms with E-state index >= 15 is 0 Å². The van der Waals surface area contributed by atoms with Crippen LogP contribution in [0.1, 0.15) is 5.56 Å². The summed E-state index contributed by atoms with van der Waals surface area (Å²) in [7, 11) is 3.55. The van der Waals surface area contributed by atoms with Gasteiger partial charge in [0.2, 0.25) is 5.96 Å². The highest BCUT2D eigenvalue weighted by molar-refractivity contribution is 14.0. The van der Waals surface area contributed by atoms with E-state index in [9.17, 15) is 0 Å². The van der Waals surface area contributed by atoms with Gasteiger partial charge in [-0.05, 0) is 12.1 Å². The number of rotatable bonds is 2. The van der Waals surface area contributed by atoms with Crippen molar-refractivity contribution in [2.75, 3.05) is 14.1 Å². The lowest BCUT2D eigenvalue weighted by Crippen LogP contribution is -2.29. The van der Waals surface area contributed by atoms with E-state index in [4.69, 9.17) is 28.9 Å². The fourth-order valence-electron chi connectivity index (χ4n) is 0.869. The average Bonchev–Trinajstić information content (AvgIpc) is 2.22. The molecule has 0 aliphatic heterocycles. The highest BCUT2D eigenvalue weighted by Gasteiger charge is 2.01. The highest BCUT2D eigenvalue weighted by Crippen LogP contribution is 2.22.